The molecule has 3 heterocycles. The predicted octanol–water partition coefficient (Wildman–Crippen LogP) is 4.58. The lowest BCUT2D eigenvalue weighted by Crippen LogP contribution is -2.19. The number of fused-ring (bicyclic) bond motifs is 1. The molecule has 2 aromatic heterocycles. The molecule has 0 fully saturated rings. The number of hydrogen-bond donors (Lipinski definition) is 1. The van der Waals surface area contributed by atoms with Crippen LogP contribution in [0.15, 0.2) is 52.8 Å². The monoisotopic (exact) mass is 416 g/mol. The average Bonchev–Trinajstić information content (AvgIpc) is 2.82. The molecule has 4 rings (SSSR count). The SMILES string of the molecule is C=Nc1cc(-c2cc(NC[C@@H](C)c3ccnc4c3OCCO4)ncn2)ccc1/N=C\C. The third kappa shape index (κ3) is 4.53. The van der Waals surface area contributed by atoms with Crippen LogP contribution < -0.4 is 14.8 Å². The van der Waals surface area contributed by atoms with E-state index in [4.69, 9.17) is 9.47 Å². The van der Waals surface area contributed by atoms with Crippen molar-refractivity contribution >= 4 is 30.1 Å². The number of aromatic nitrogens is 3. The maximum absolute atomic E-state index is 5.79. The largest absolute Gasteiger partial charge is 0.484 e. The van der Waals surface area contributed by atoms with Gasteiger partial charge in [-0.05, 0) is 31.8 Å². The molecule has 0 saturated carbocycles. The second-order valence-corrected chi connectivity index (χ2v) is 7.05. The van der Waals surface area contributed by atoms with Gasteiger partial charge in [-0.1, -0.05) is 13.0 Å². The van der Waals surface area contributed by atoms with Gasteiger partial charge in [0.1, 0.15) is 25.4 Å². The number of rotatable bonds is 7. The van der Waals surface area contributed by atoms with E-state index < -0.39 is 0 Å². The zero-order valence-corrected chi connectivity index (χ0v) is 17.6. The quantitative estimate of drug-likeness (QED) is 0.567. The third-order valence-electron chi connectivity index (χ3n) is 4.97. The summed E-state index contributed by atoms with van der Waals surface area (Å²) >= 11 is 0. The first-order chi connectivity index (χ1) is 15.2. The molecule has 1 atom stereocenters. The fraction of sp³-hybridized carbons (Fsp3) is 0.261. The molecular formula is C23H24N6O2. The van der Waals surface area contributed by atoms with Gasteiger partial charge in [-0.3, -0.25) is 9.98 Å². The molecule has 1 aromatic carbocycles. The Morgan fingerprint density at radius 3 is 2.84 bits per heavy atom. The van der Waals surface area contributed by atoms with E-state index in [1.165, 1.54) is 0 Å². The van der Waals surface area contributed by atoms with Gasteiger partial charge in [-0.2, -0.15) is 0 Å². The molecule has 0 amide bonds. The standard InChI is InChI=1S/C23H24N6O2/c1-4-25-18-6-5-16(11-20(18)24-3)19-12-21(29-14-28-19)27-13-15(2)17-7-8-26-23-22(17)30-9-10-31-23/h4-8,11-12,14-15H,3,9-10,13H2,1-2H3,(H,27,28,29)/b25-4-/t15-/m1/s1. The summed E-state index contributed by atoms with van der Waals surface area (Å²) < 4.78 is 11.4. The van der Waals surface area contributed by atoms with Crippen LogP contribution in [-0.2, 0) is 0 Å². The van der Waals surface area contributed by atoms with E-state index in [0.29, 0.717) is 31.3 Å². The minimum Gasteiger partial charge on any atom is -0.484 e. The highest BCUT2D eigenvalue weighted by molar-refractivity contribution is 5.76. The Morgan fingerprint density at radius 1 is 1.13 bits per heavy atom. The summed E-state index contributed by atoms with van der Waals surface area (Å²) in [6.07, 6.45) is 5.03. The highest BCUT2D eigenvalue weighted by Gasteiger charge is 2.20. The first kappa shape index (κ1) is 20.5. The molecular weight excluding hydrogens is 392 g/mol. The van der Waals surface area contributed by atoms with Crippen LogP contribution in [0.2, 0.25) is 0 Å². The molecule has 1 aliphatic heterocycles. The van der Waals surface area contributed by atoms with Crippen LogP contribution in [0.4, 0.5) is 17.2 Å². The topological polar surface area (TPSA) is 93.9 Å². The summed E-state index contributed by atoms with van der Waals surface area (Å²) in [6.45, 7) is 9.35. The van der Waals surface area contributed by atoms with Crippen molar-refractivity contribution in [1.82, 2.24) is 15.0 Å². The summed E-state index contributed by atoms with van der Waals surface area (Å²) in [7, 11) is 0. The number of hydrogen-bond acceptors (Lipinski definition) is 8. The lowest BCUT2D eigenvalue weighted by atomic mass is 10.0. The Hall–Kier alpha value is -3.81. The molecule has 1 aliphatic rings. The maximum atomic E-state index is 5.79. The van der Waals surface area contributed by atoms with E-state index in [2.05, 4.69) is 43.9 Å². The smallest absolute Gasteiger partial charge is 0.257 e. The van der Waals surface area contributed by atoms with Crippen LogP contribution in [0, 0.1) is 0 Å². The highest BCUT2D eigenvalue weighted by Crippen LogP contribution is 2.36. The summed E-state index contributed by atoms with van der Waals surface area (Å²) in [6, 6.07) is 9.68. The second kappa shape index (κ2) is 9.34. The first-order valence-electron chi connectivity index (χ1n) is 10.1. The average molecular weight is 416 g/mol. The Bertz CT molecular complexity index is 1110. The number of anilines is 1. The van der Waals surface area contributed by atoms with Gasteiger partial charge in [0.05, 0.1) is 17.1 Å². The van der Waals surface area contributed by atoms with E-state index in [-0.39, 0.29) is 5.92 Å². The number of nitrogens with zero attached hydrogens (tertiary/aromatic N) is 5. The number of aliphatic imine (C=N–C) groups is 2. The number of benzene rings is 1. The van der Waals surface area contributed by atoms with Crippen LogP contribution in [0.3, 0.4) is 0 Å². The molecule has 1 N–H and O–H groups in total. The van der Waals surface area contributed by atoms with E-state index >= 15 is 0 Å². The zero-order chi connectivity index (χ0) is 21.6. The van der Waals surface area contributed by atoms with E-state index in [1.807, 2.05) is 37.3 Å². The van der Waals surface area contributed by atoms with Gasteiger partial charge < -0.3 is 14.8 Å². The van der Waals surface area contributed by atoms with Gasteiger partial charge in [-0.25, -0.2) is 15.0 Å². The molecule has 8 heteroatoms. The third-order valence-corrected chi connectivity index (χ3v) is 4.97. The molecule has 0 spiro atoms. The Kier molecular flexibility index (Phi) is 6.16. The molecule has 0 saturated heterocycles. The molecule has 0 unspecified atom stereocenters. The van der Waals surface area contributed by atoms with Crippen molar-refractivity contribution < 1.29 is 9.47 Å². The second-order valence-electron chi connectivity index (χ2n) is 7.05. The molecule has 31 heavy (non-hydrogen) atoms. The van der Waals surface area contributed by atoms with Crippen LogP contribution in [0.5, 0.6) is 11.6 Å². The number of nitrogens with one attached hydrogen (secondary N) is 1. The highest BCUT2D eigenvalue weighted by atomic mass is 16.6. The van der Waals surface area contributed by atoms with Gasteiger partial charge in [0, 0.05) is 42.1 Å². The molecule has 8 nitrogen and oxygen atoms in total. The molecule has 158 valence electrons. The van der Waals surface area contributed by atoms with Crippen molar-refractivity contribution in [2.75, 3.05) is 25.1 Å². The van der Waals surface area contributed by atoms with Gasteiger partial charge in [0.2, 0.25) is 0 Å². The number of ether oxygens (including phenoxy) is 2. The van der Waals surface area contributed by atoms with Gasteiger partial charge >= 0.3 is 0 Å². The summed E-state index contributed by atoms with van der Waals surface area (Å²) in [5, 5.41) is 3.39. The Morgan fingerprint density at radius 2 is 2.00 bits per heavy atom. The summed E-state index contributed by atoms with van der Waals surface area (Å²) in [4.78, 5) is 21.4. The fourth-order valence-electron chi connectivity index (χ4n) is 3.40. The summed E-state index contributed by atoms with van der Waals surface area (Å²) in [5.74, 6) is 2.19. The van der Waals surface area contributed by atoms with Crippen LogP contribution in [0.25, 0.3) is 11.3 Å². The van der Waals surface area contributed by atoms with Gasteiger partial charge in [0.25, 0.3) is 5.88 Å². The minimum atomic E-state index is 0.166. The first-order valence-corrected chi connectivity index (χ1v) is 10.1. The van der Waals surface area contributed by atoms with Crippen molar-refractivity contribution in [3.8, 4) is 22.9 Å². The fourth-order valence-corrected chi connectivity index (χ4v) is 3.40. The Balaban J connectivity index is 1.50. The van der Waals surface area contributed by atoms with E-state index in [9.17, 15) is 0 Å². The van der Waals surface area contributed by atoms with Crippen molar-refractivity contribution in [2.45, 2.75) is 19.8 Å². The maximum Gasteiger partial charge on any atom is 0.257 e. The van der Waals surface area contributed by atoms with Crippen LogP contribution in [0.1, 0.15) is 25.3 Å². The lowest BCUT2D eigenvalue weighted by molar-refractivity contribution is 0.162. The van der Waals surface area contributed by atoms with Crippen molar-refractivity contribution in [1.29, 1.82) is 0 Å². The summed E-state index contributed by atoms with van der Waals surface area (Å²) in [5.41, 5.74) is 4.25. The van der Waals surface area contributed by atoms with Crippen LogP contribution >= 0.6 is 0 Å². The molecule has 3 aromatic rings. The van der Waals surface area contributed by atoms with Gasteiger partial charge in [-0.15, -0.1) is 0 Å². The molecule has 0 aliphatic carbocycles. The lowest BCUT2D eigenvalue weighted by Gasteiger charge is -2.22. The van der Waals surface area contributed by atoms with Crippen molar-refractivity contribution in [3.05, 3.63) is 48.4 Å². The van der Waals surface area contributed by atoms with E-state index in [0.717, 1.165) is 34.1 Å². The predicted molar refractivity (Wildman–Crippen MR) is 123 cm³/mol. The zero-order valence-electron chi connectivity index (χ0n) is 17.6. The van der Waals surface area contributed by atoms with Crippen molar-refractivity contribution in [2.24, 2.45) is 9.98 Å². The molecule has 0 radical (unpaired) electrons. The Labute approximate surface area is 181 Å². The van der Waals surface area contributed by atoms with Crippen molar-refractivity contribution in [3.63, 3.8) is 0 Å². The normalized spacial score (nSPS) is 13.7. The van der Waals surface area contributed by atoms with Crippen LogP contribution in [-0.4, -0.2) is 47.6 Å². The van der Waals surface area contributed by atoms with E-state index in [1.54, 1.807) is 18.7 Å². The molecule has 0 bridgehead atoms. The minimum absolute atomic E-state index is 0.166. The number of pyridine rings is 1. The van der Waals surface area contributed by atoms with Gasteiger partial charge in [0.15, 0.2) is 5.75 Å².